The highest BCUT2D eigenvalue weighted by Gasteiger charge is 2.13. The van der Waals surface area contributed by atoms with Gasteiger partial charge in [-0.3, -0.25) is 4.79 Å². The van der Waals surface area contributed by atoms with E-state index in [1.807, 2.05) is 31.2 Å². The van der Waals surface area contributed by atoms with Gasteiger partial charge in [-0.2, -0.15) is 0 Å². The van der Waals surface area contributed by atoms with Crippen molar-refractivity contribution in [2.24, 2.45) is 5.92 Å². The molecule has 0 saturated carbocycles. The fraction of sp³-hybridized carbons (Fsp3) is 0.364. The molecule has 76 valence electrons. The van der Waals surface area contributed by atoms with Gasteiger partial charge in [0.1, 0.15) is 0 Å². The number of esters is 1. The number of halogens is 1. The summed E-state index contributed by atoms with van der Waals surface area (Å²) in [5.41, 5.74) is 1.17. The number of rotatable bonds is 3. The van der Waals surface area contributed by atoms with Gasteiger partial charge >= 0.3 is 5.97 Å². The average Bonchev–Trinajstić information content (AvgIpc) is 2.20. The smallest absolute Gasteiger partial charge is 0.308 e. The van der Waals surface area contributed by atoms with E-state index in [9.17, 15) is 4.79 Å². The van der Waals surface area contributed by atoms with Gasteiger partial charge in [-0.15, -0.1) is 0 Å². The van der Waals surface area contributed by atoms with Crippen molar-refractivity contribution >= 4 is 28.6 Å². The molecule has 0 saturated heterocycles. The standard InChI is InChI=1S/C11H13IO2/c1-8(11(13)14-2)7-9-3-5-10(12)6-4-9/h3-6,8H,7H2,1-2H3/t8-/m1/s1. The molecule has 1 aromatic rings. The molecule has 1 atom stereocenters. The predicted molar refractivity (Wildman–Crippen MR) is 64.0 cm³/mol. The molecule has 3 heteroatoms. The predicted octanol–water partition coefficient (Wildman–Crippen LogP) is 2.64. The minimum absolute atomic E-state index is 0.0694. The van der Waals surface area contributed by atoms with Crippen molar-refractivity contribution in [3.8, 4) is 0 Å². The van der Waals surface area contributed by atoms with E-state index < -0.39 is 0 Å². The number of carbonyl (C=O) groups excluding carboxylic acids is 1. The number of hydrogen-bond acceptors (Lipinski definition) is 2. The van der Waals surface area contributed by atoms with Crippen LogP contribution >= 0.6 is 22.6 Å². The fourth-order valence-electron chi connectivity index (χ4n) is 1.26. The lowest BCUT2D eigenvalue weighted by atomic mass is 10.0. The van der Waals surface area contributed by atoms with Crippen LogP contribution in [0.2, 0.25) is 0 Å². The van der Waals surface area contributed by atoms with Crippen LogP contribution in [0.15, 0.2) is 24.3 Å². The summed E-state index contributed by atoms with van der Waals surface area (Å²) in [6.07, 6.45) is 0.740. The maximum Gasteiger partial charge on any atom is 0.308 e. The van der Waals surface area contributed by atoms with Gasteiger partial charge in [0.05, 0.1) is 13.0 Å². The molecule has 1 aromatic carbocycles. The average molecular weight is 304 g/mol. The van der Waals surface area contributed by atoms with E-state index in [4.69, 9.17) is 0 Å². The Kier molecular flexibility index (Phi) is 4.38. The van der Waals surface area contributed by atoms with Crippen LogP contribution in [0.5, 0.6) is 0 Å². The molecule has 0 aliphatic carbocycles. The zero-order valence-corrected chi connectivity index (χ0v) is 10.4. The van der Waals surface area contributed by atoms with Crippen molar-refractivity contribution in [1.29, 1.82) is 0 Å². The van der Waals surface area contributed by atoms with Crippen LogP contribution in [0.1, 0.15) is 12.5 Å². The molecular weight excluding hydrogens is 291 g/mol. The summed E-state index contributed by atoms with van der Waals surface area (Å²) >= 11 is 2.26. The molecule has 0 spiro atoms. The Labute approximate surface area is 97.8 Å². The Hall–Kier alpha value is -0.580. The van der Waals surface area contributed by atoms with E-state index in [0.717, 1.165) is 6.42 Å². The molecule has 0 N–H and O–H groups in total. The van der Waals surface area contributed by atoms with Crippen LogP contribution in [-0.2, 0) is 16.0 Å². The number of ether oxygens (including phenoxy) is 1. The zero-order valence-electron chi connectivity index (χ0n) is 8.29. The van der Waals surface area contributed by atoms with Gasteiger partial charge in [0.15, 0.2) is 0 Å². The summed E-state index contributed by atoms with van der Waals surface area (Å²) < 4.78 is 5.87. The summed E-state index contributed by atoms with van der Waals surface area (Å²) in [5.74, 6) is -0.219. The second kappa shape index (κ2) is 5.34. The molecule has 0 fully saturated rings. The van der Waals surface area contributed by atoms with Crippen LogP contribution in [0.25, 0.3) is 0 Å². The zero-order chi connectivity index (χ0) is 10.6. The minimum atomic E-state index is -0.149. The third-order valence-corrected chi connectivity index (χ3v) is 2.78. The van der Waals surface area contributed by atoms with Gasteiger partial charge < -0.3 is 4.74 Å². The van der Waals surface area contributed by atoms with E-state index >= 15 is 0 Å². The molecule has 0 amide bonds. The highest BCUT2D eigenvalue weighted by Crippen LogP contribution is 2.12. The molecule has 0 unspecified atom stereocenters. The maximum absolute atomic E-state index is 11.2. The first kappa shape index (κ1) is 11.5. The molecule has 2 nitrogen and oxygen atoms in total. The summed E-state index contributed by atoms with van der Waals surface area (Å²) in [6, 6.07) is 8.17. The minimum Gasteiger partial charge on any atom is -0.469 e. The van der Waals surface area contributed by atoms with Crippen molar-refractivity contribution in [3.05, 3.63) is 33.4 Å². The van der Waals surface area contributed by atoms with Crippen molar-refractivity contribution < 1.29 is 9.53 Å². The third kappa shape index (κ3) is 3.29. The number of hydrogen-bond donors (Lipinski definition) is 0. The van der Waals surface area contributed by atoms with Gasteiger partial charge in [0.25, 0.3) is 0 Å². The van der Waals surface area contributed by atoms with Gasteiger partial charge in [0.2, 0.25) is 0 Å². The van der Waals surface area contributed by atoms with E-state index in [1.165, 1.54) is 16.2 Å². The summed E-state index contributed by atoms with van der Waals surface area (Å²) in [4.78, 5) is 11.2. The molecule has 0 heterocycles. The highest BCUT2D eigenvalue weighted by molar-refractivity contribution is 14.1. The van der Waals surface area contributed by atoms with Crippen molar-refractivity contribution in [1.82, 2.24) is 0 Å². The first-order valence-electron chi connectivity index (χ1n) is 4.45. The summed E-state index contributed by atoms with van der Waals surface area (Å²) in [6.45, 7) is 1.88. The van der Waals surface area contributed by atoms with E-state index in [0.29, 0.717) is 0 Å². The maximum atomic E-state index is 11.2. The van der Waals surface area contributed by atoms with Crippen molar-refractivity contribution in [2.75, 3.05) is 7.11 Å². The van der Waals surface area contributed by atoms with Gasteiger partial charge in [0, 0.05) is 3.57 Å². The molecule has 0 radical (unpaired) electrons. The quantitative estimate of drug-likeness (QED) is 0.634. The Morgan fingerprint density at radius 2 is 2.00 bits per heavy atom. The lowest BCUT2D eigenvalue weighted by Gasteiger charge is -2.08. The second-order valence-electron chi connectivity index (χ2n) is 3.25. The number of carbonyl (C=O) groups is 1. The highest BCUT2D eigenvalue weighted by atomic mass is 127. The van der Waals surface area contributed by atoms with Gasteiger partial charge in [-0.05, 0) is 46.7 Å². The van der Waals surface area contributed by atoms with Gasteiger partial charge in [-0.1, -0.05) is 19.1 Å². The van der Waals surface area contributed by atoms with E-state index in [-0.39, 0.29) is 11.9 Å². The Morgan fingerprint density at radius 3 is 2.50 bits per heavy atom. The summed E-state index contributed by atoms with van der Waals surface area (Å²) in [7, 11) is 1.42. The first-order valence-corrected chi connectivity index (χ1v) is 5.53. The Balaban J connectivity index is 2.60. The molecule has 1 rings (SSSR count). The second-order valence-corrected chi connectivity index (χ2v) is 4.50. The monoisotopic (exact) mass is 304 g/mol. The van der Waals surface area contributed by atoms with Crippen molar-refractivity contribution in [3.63, 3.8) is 0 Å². The fourth-order valence-corrected chi connectivity index (χ4v) is 1.62. The molecule has 14 heavy (non-hydrogen) atoms. The van der Waals surface area contributed by atoms with Crippen LogP contribution in [-0.4, -0.2) is 13.1 Å². The number of benzene rings is 1. The first-order chi connectivity index (χ1) is 6.63. The SMILES string of the molecule is COC(=O)[C@H](C)Cc1ccc(I)cc1. The molecular formula is C11H13IO2. The van der Waals surface area contributed by atoms with E-state index in [1.54, 1.807) is 0 Å². The van der Waals surface area contributed by atoms with Crippen LogP contribution < -0.4 is 0 Å². The summed E-state index contributed by atoms with van der Waals surface area (Å²) in [5, 5.41) is 0. The molecule has 0 aliphatic rings. The largest absolute Gasteiger partial charge is 0.469 e. The van der Waals surface area contributed by atoms with Crippen molar-refractivity contribution in [2.45, 2.75) is 13.3 Å². The molecule has 0 bridgehead atoms. The third-order valence-electron chi connectivity index (χ3n) is 2.06. The lowest BCUT2D eigenvalue weighted by Crippen LogP contribution is -2.14. The van der Waals surface area contributed by atoms with Crippen LogP contribution in [0.3, 0.4) is 0 Å². The molecule has 0 aliphatic heterocycles. The normalized spacial score (nSPS) is 12.2. The molecule has 0 aromatic heterocycles. The Bertz CT molecular complexity index is 306. The van der Waals surface area contributed by atoms with E-state index in [2.05, 4.69) is 27.3 Å². The lowest BCUT2D eigenvalue weighted by molar-refractivity contribution is -0.144. The number of methoxy groups -OCH3 is 1. The van der Waals surface area contributed by atoms with Crippen LogP contribution in [0.4, 0.5) is 0 Å². The topological polar surface area (TPSA) is 26.3 Å². The van der Waals surface area contributed by atoms with Crippen LogP contribution in [0, 0.1) is 9.49 Å². The Morgan fingerprint density at radius 1 is 1.43 bits per heavy atom. The van der Waals surface area contributed by atoms with Gasteiger partial charge in [-0.25, -0.2) is 0 Å².